The Balaban J connectivity index is 1.32. The lowest BCUT2D eigenvalue weighted by molar-refractivity contribution is 0.0582. The summed E-state index contributed by atoms with van der Waals surface area (Å²) in [4.78, 5) is 36.0. The maximum atomic E-state index is 13.6. The molecular weight excluding hydrogens is 392 g/mol. The lowest BCUT2D eigenvalue weighted by Crippen LogP contribution is -2.49. The third kappa shape index (κ3) is 2.88. The summed E-state index contributed by atoms with van der Waals surface area (Å²) in [7, 11) is 1.89. The number of nitrogens with zero attached hydrogens (tertiary/aromatic N) is 5. The number of hydrogen-bond donors (Lipinski definition) is 1. The number of rotatable bonds is 2. The third-order valence-electron chi connectivity index (χ3n) is 7.17. The second-order valence-electron chi connectivity index (χ2n) is 9.14. The number of aromatic nitrogens is 5. The maximum absolute atomic E-state index is 13.6. The average Bonchev–Trinajstić information content (AvgIpc) is 3.41. The molecule has 0 unspecified atom stereocenters. The molecule has 1 amide bonds. The molecule has 2 aliphatic heterocycles. The van der Waals surface area contributed by atoms with Gasteiger partial charge in [-0.3, -0.25) is 14.3 Å². The fraction of sp³-hybridized carbons (Fsp3) is 0.478. The number of pyridine rings is 1. The number of carbonyl (C=O) groups is 1. The van der Waals surface area contributed by atoms with Crippen LogP contribution in [-0.2, 0) is 26.4 Å². The number of piperidine rings is 1. The lowest BCUT2D eigenvalue weighted by atomic mass is 9.82. The summed E-state index contributed by atoms with van der Waals surface area (Å²) >= 11 is 0. The highest BCUT2D eigenvalue weighted by atomic mass is 16.2. The summed E-state index contributed by atoms with van der Waals surface area (Å²) in [5, 5.41) is 4.64. The van der Waals surface area contributed by atoms with Crippen LogP contribution in [0.15, 0.2) is 29.3 Å². The van der Waals surface area contributed by atoms with Crippen LogP contribution in [0.3, 0.4) is 0 Å². The SMILES string of the molecule is Cn1nc2c(c1C(=O)N1C[C@@H]3C[C@H](C1)c1ccc(-c4ncc[nH]4)c(=O)n1C3)CCCC2. The highest BCUT2D eigenvalue weighted by molar-refractivity contribution is 5.94. The molecule has 0 saturated carbocycles. The van der Waals surface area contributed by atoms with Crippen molar-refractivity contribution in [3.8, 4) is 11.4 Å². The molecule has 31 heavy (non-hydrogen) atoms. The van der Waals surface area contributed by atoms with Crippen LogP contribution < -0.4 is 5.56 Å². The minimum Gasteiger partial charge on any atom is -0.344 e. The van der Waals surface area contributed by atoms with E-state index in [4.69, 9.17) is 0 Å². The highest BCUT2D eigenvalue weighted by Crippen LogP contribution is 2.36. The van der Waals surface area contributed by atoms with Gasteiger partial charge in [0.15, 0.2) is 0 Å². The minimum atomic E-state index is 0.00244. The topological polar surface area (TPSA) is 88.8 Å². The fourth-order valence-electron chi connectivity index (χ4n) is 5.80. The molecule has 6 rings (SSSR count). The van der Waals surface area contributed by atoms with Crippen molar-refractivity contribution in [3.05, 3.63) is 57.5 Å². The summed E-state index contributed by atoms with van der Waals surface area (Å²) in [6.07, 6.45) is 8.60. The molecule has 5 heterocycles. The first-order valence-corrected chi connectivity index (χ1v) is 11.2. The second kappa shape index (κ2) is 6.93. The Morgan fingerprint density at radius 1 is 1.16 bits per heavy atom. The van der Waals surface area contributed by atoms with E-state index in [1.54, 1.807) is 17.1 Å². The Bertz CT molecular complexity index is 1220. The number of carbonyl (C=O) groups excluding carboxylic acids is 1. The van der Waals surface area contributed by atoms with Crippen LogP contribution in [0, 0.1) is 5.92 Å². The van der Waals surface area contributed by atoms with Crippen molar-refractivity contribution in [2.45, 2.75) is 44.6 Å². The zero-order valence-corrected chi connectivity index (χ0v) is 17.7. The van der Waals surface area contributed by atoms with E-state index in [2.05, 4.69) is 15.1 Å². The Hall–Kier alpha value is -3.16. The van der Waals surface area contributed by atoms with Crippen molar-refractivity contribution in [1.82, 2.24) is 29.2 Å². The number of nitrogens with one attached hydrogen (secondary N) is 1. The predicted octanol–water partition coefficient (Wildman–Crippen LogP) is 2.11. The van der Waals surface area contributed by atoms with E-state index in [1.807, 2.05) is 28.6 Å². The molecule has 1 fully saturated rings. The smallest absolute Gasteiger partial charge is 0.272 e. The van der Waals surface area contributed by atoms with E-state index in [1.165, 1.54) is 0 Å². The second-order valence-corrected chi connectivity index (χ2v) is 9.14. The standard InChI is InChI=1S/C23H26N6O2/c1-27-20(16-4-2-3-5-18(16)26-27)23(31)28-11-14-10-15(13-28)19-7-6-17(21-24-8-9-25-21)22(30)29(19)12-14/h6-9,14-15H,2-5,10-13H2,1H3,(H,24,25)/t14-,15+/m0/s1. The molecule has 160 valence electrons. The van der Waals surface area contributed by atoms with Crippen LogP contribution in [0.5, 0.6) is 0 Å². The van der Waals surface area contributed by atoms with E-state index in [-0.39, 0.29) is 23.3 Å². The van der Waals surface area contributed by atoms with Gasteiger partial charge in [-0.2, -0.15) is 5.10 Å². The van der Waals surface area contributed by atoms with Crippen LogP contribution in [0.2, 0.25) is 0 Å². The van der Waals surface area contributed by atoms with Gasteiger partial charge in [0.25, 0.3) is 11.5 Å². The van der Waals surface area contributed by atoms with Crippen molar-refractivity contribution in [2.24, 2.45) is 13.0 Å². The predicted molar refractivity (Wildman–Crippen MR) is 115 cm³/mol. The Labute approximate surface area is 179 Å². The van der Waals surface area contributed by atoms with Gasteiger partial charge in [0.2, 0.25) is 0 Å². The quantitative estimate of drug-likeness (QED) is 0.690. The number of aromatic amines is 1. The summed E-state index contributed by atoms with van der Waals surface area (Å²) < 4.78 is 3.70. The Morgan fingerprint density at radius 2 is 2.03 bits per heavy atom. The molecule has 8 nitrogen and oxygen atoms in total. The molecule has 1 N–H and O–H groups in total. The normalized spacial score (nSPS) is 22.2. The molecule has 0 radical (unpaired) electrons. The van der Waals surface area contributed by atoms with Crippen LogP contribution in [0.25, 0.3) is 11.4 Å². The first kappa shape index (κ1) is 18.6. The van der Waals surface area contributed by atoms with Gasteiger partial charge in [0, 0.05) is 56.3 Å². The molecule has 3 aromatic rings. The first-order valence-electron chi connectivity index (χ1n) is 11.2. The number of aryl methyl sites for hydroxylation is 2. The molecule has 3 aromatic heterocycles. The summed E-state index contributed by atoms with van der Waals surface area (Å²) in [6, 6.07) is 3.91. The molecular formula is C23H26N6O2. The fourth-order valence-corrected chi connectivity index (χ4v) is 5.80. The van der Waals surface area contributed by atoms with Gasteiger partial charge in [-0.15, -0.1) is 0 Å². The first-order chi connectivity index (χ1) is 15.1. The average molecular weight is 419 g/mol. The molecule has 1 aliphatic carbocycles. The van der Waals surface area contributed by atoms with Gasteiger partial charge < -0.3 is 14.5 Å². The number of H-pyrrole nitrogens is 1. The molecule has 0 spiro atoms. The van der Waals surface area contributed by atoms with E-state index >= 15 is 0 Å². The summed E-state index contributed by atoms with van der Waals surface area (Å²) in [5.74, 6) is 1.16. The number of hydrogen-bond acceptors (Lipinski definition) is 4. The van der Waals surface area contributed by atoms with Crippen LogP contribution >= 0.6 is 0 Å². The molecule has 0 aromatic carbocycles. The lowest BCUT2D eigenvalue weighted by Gasteiger charge is -2.43. The Kier molecular flexibility index (Phi) is 4.16. The number of fused-ring (bicyclic) bond motifs is 5. The molecule has 2 atom stereocenters. The van der Waals surface area contributed by atoms with Gasteiger partial charge >= 0.3 is 0 Å². The molecule has 1 saturated heterocycles. The van der Waals surface area contributed by atoms with Crippen molar-refractivity contribution in [1.29, 1.82) is 0 Å². The van der Waals surface area contributed by atoms with Crippen LogP contribution in [0.1, 0.15) is 52.6 Å². The number of likely N-dealkylation sites (tertiary alicyclic amines) is 1. The van der Waals surface area contributed by atoms with Gasteiger partial charge in [0.1, 0.15) is 11.5 Å². The zero-order chi connectivity index (χ0) is 21.1. The monoisotopic (exact) mass is 418 g/mol. The Morgan fingerprint density at radius 3 is 2.87 bits per heavy atom. The van der Waals surface area contributed by atoms with Crippen LogP contribution in [0.4, 0.5) is 0 Å². The van der Waals surface area contributed by atoms with Crippen molar-refractivity contribution < 1.29 is 4.79 Å². The van der Waals surface area contributed by atoms with Crippen molar-refractivity contribution >= 4 is 5.91 Å². The van der Waals surface area contributed by atoms with Gasteiger partial charge in [0.05, 0.1) is 11.3 Å². The highest BCUT2D eigenvalue weighted by Gasteiger charge is 2.38. The molecule has 8 heteroatoms. The zero-order valence-electron chi connectivity index (χ0n) is 17.7. The summed E-state index contributed by atoms with van der Waals surface area (Å²) in [5.41, 5.74) is 4.64. The largest absolute Gasteiger partial charge is 0.344 e. The maximum Gasteiger partial charge on any atom is 0.272 e. The number of imidazole rings is 1. The van der Waals surface area contributed by atoms with E-state index in [9.17, 15) is 9.59 Å². The number of amides is 1. The summed E-state index contributed by atoms with van der Waals surface area (Å²) in [6.45, 7) is 1.98. The van der Waals surface area contributed by atoms with E-state index < -0.39 is 0 Å². The third-order valence-corrected chi connectivity index (χ3v) is 7.17. The molecule has 2 bridgehead atoms. The van der Waals surface area contributed by atoms with E-state index in [0.29, 0.717) is 31.0 Å². The van der Waals surface area contributed by atoms with Crippen molar-refractivity contribution in [2.75, 3.05) is 13.1 Å². The van der Waals surface area contributed by atoms with Gasteiger partial charge in [-0.25, -0.2) is 4.98 Å². The minimum absolute atomic E-state index is 0.00244. The van der Waals surface area contributed by atoms with Crippen LogP contribution in [-0.4, -0.2) is 48.2 Å². The van der Waals surface area contributed by atoms with Crippen molar-refractivity contribution in [3.63, 3.8) is 0 Å². The van der Waals surface area contributed by atoms with Gasteiger partial charge in [-0.05, 0) is 50.2 Å². The van der Waals surface area contributed by atoms with E-state index in [0.717, 1.165) is 54.7 Å². The molecule has 3 aliphatic rings. The van der Waals surface area contributed by atoms with Gasteiger partial charge in [-0.1, -0.05) is 0 Å².